The van der Waals surface area contributed by atoms with E-state index in [1.54, 1.807) is 0 Å². The zero-order valence-corrected chi connectivity index (χ0v) is 14.3. The van der Waals surface area contributed by atoms with Crippen molar-refractivity contribution in [2.75, 3.05) is 11.9 Å². The standard InChI is InChI=1S/C21H24N2O2/c24-20(23-21(15-10-11-15)16-12-13-16)14-22-18-8-4-5-9-19(18)25-17-6-2-1-3-7-17/h1-9,15-16,21-22H,10-14H2,(H,23,24). The highest BCUT2D eigenvalue weighted by Gasteiger charge is 2.42. The largest absolute Gasteiger partial charge is 0.455 e. The van der Waals surface area contributed by atoms with Crippen LogP contribution in [0.1, 0.15) is 25.7 Å². The summed E-state index contributed by atoms with van der Waals surface area (Å²) in [4.78, 5) is 12.3. The Morgan fingerprint density at radius 2 is 1.60 bits per heavy atom. The van der Waals surface area contributed by atoms with E-state index in [9.17, 15) is 4.79 Å². The van der Waals surface area contributed by atoms with Crippen molar-refractivity contribution in [3.63, 3.8) is 0 Å². The molecule has 2 aliphatic carbocycles. The molecule has 0 spiro atoms. The maximum absolute atomic E-state index is 12.3. The molecule has 4 heteroatoms. The number of anilines is 1. The van der Waals surface area contributed by atoms with Crippen molar-refractivity contribution in [2.45, 2.75) is 31.7 Å². The van der Waals surface area contributed by atoms with Gasteiger partial charge in [-0.25, -0.2) is 0 Å². The van der Waals surface area contributed by atoms with E-state index in [4.69, 9.17) is 4.74 Å². The van der Waals surface area contributed by atoms with Crippen molar-refractivity contribution in [3.05, 3.63) is 54.6 Å². The summed E-state index contributed by atoms with van der Waals surface area (Å²) in [6.45, 7) is 0.269. The van der Waals surface area contributed by atoms with Crippen LogP contribution < -0.4 is 15.4 Å². The number of amides is 1. The lowest BCUT2D eigenvalue weighted by Crippen LogP contribution is -2.41. The fourth-order valence-corrected chi connectivity index (χ4v) is 3.26. The van der Waals surface area contributed by atoms with Gasteiger partial charge in [0, 0.05) is 6.04 Å². The number of rotatable bonds is 8. The Balaban J connectivity index is 1.35. The first-order chi connectivity index (χ1) is 12.3. The maximum atomic E-state index is 12.3. The summed E-state index contributed by atoms with van der Waals surface area (Å²) in [6.07, 6.45) is 5.07. The van der Waals surface area contributed by atoms with Crippen molar-refractivity contribution in [1.29, 1.82) is 0 Å². The first-order valence-electron chi connectivity index (χ1n) is 9.15. The Morgan fingerprint density at radius 3 is 2.28 bits per heavy atom. The fourth-order valence-electron chi connectivity index (χ4n) is 3.26. The summed E-state index contributed by atoms with van der Waals surface area (Å²) in [5.74, 6) is 3.00. The van der Waals surface area contributed by atoms with Crippen molar-refractivity contribution in [2.24, 2.45) is 11.8 Å². The van der Waals surface area contributed by atoms with Crippen molar-refractivity contribution in [3.8, 4) is 11.5 Å². The molecular weight excluding hydrogens is 312 g/mol. The number of carbonyl (C=O) groups excluding carboxylic acids is 1. The second kappa shape index (κ2) is 7.18. The van der Waals surface area contributed by atoms with Crippen LogP contribution in [-0.4, -0.2) is 18.5 Å². The van der Waals surface area contributed by atoms with Gasteiger partial charge < -0.3 is 15.4 Å². The average Bonchev–Trinajstić information content (AvgIpc) is 3.54. The number of ether oxygens (including phenoxy) is 1. The van der Waals surface area contributed by atoms with Crippen molar-refractivity contribution >= 4 is 11.6 Å². The van der Waals surface area contributed by atoms with Gasteiger partial charge >= 0.3 is 0 Å². The fraction of sp³-hybridized carbons (Fsp3) is 0.381. The van der Waals surface area contributed by atoms with Crippen LogP contribution in [0, 0.1) is 11.8 Å². The molecule has 0 radical (unpaired) electrons. The Morgan fingerprint density at radius 1 is 0.960 bits per heavy atom. The molecule has 2 aliphatic rings. The SMILES string of the molecule is O=C(CNc1ccccc1Oc1ccccc1)NC(C1CC1)C1CC1. The first kappa shape index (κ1) is 16.0. The predicted molar refractivity (Wildman–Crippen MR) is 98.8 cm³/mol. The molecule has 4 rings (SSSR count). The molecule has 0 saturated heterocycles. The molecule has 4 nitrogen and oxygen atoms in total. The van der Waals surface area contributed by atoms with Crippen LogP contribution >= 0.6 is 0 Å². The lowest BCUT2D eigenvalue weighted by Gasteiger charge is -2.18. The van der Waals surface area contributed by atoms with E-state index in [-0.39, 0.29) is 12.5 Å². The Labute approximate surface area is 148 Å². The topological polar surface area (TPSA) is 50.4 Å². The Hall–Kier alpha value is -2.49. The van der Waals surface area contributed by atoms with Gasteiger partial charge in [-0.2, -0.15) is 0 Å². The molecule has 130 valence electrons. The molecule has 0 heterocycles. The second-order valence-electron chi connectivity index (χ2n) is 7.03. The zero-order valence-electron chi connectivity index (χ0n) is 14.3. The summed E-state index contributed by atoms with van der Waals surface area (Å²) >= 11 is 0. The third-order valence-corrected chi connectivity index (χ3v) is 4.88. The van der Waals surface area contributed by atoms with E-state index in [1.165, 1.54) is 25.7 Å². The Bertz CT molecular complexity index is 712. The van der Waals surface area contributed by atoms with Crippen LogP contribution in [0.5, 0.6) is 11.5 Å². The summed E-state index contributed by atoms with van der Waals surface area (Å²) in [7, 11) is 0. The summed E-state index contributed by atoms with van der Waals surface area (Å²) in [5, 5.41) is 6.46. The molecule has 2 saturated carbocycles. The van der Waals surface area contributed by atoms with Gasteiger partial charge in [0.1, 0.15) is 5.75 Å². The van der Waals surface area contributed by atoms with Gasteiger partial charge in [0.05, 0.1) is 12.2 Å². The first-order valence-corrected chi connectivity index (χ1v) is 9.15. The minimum Gasteiger partial charge on any atom is -0.455 e. The van der Waals surface area contributed by atoms with Crippen LogP contribution in [0.3, 0.4) is 0 Å². The number of benzene rings is 2. The molecule has 2 aromatic carbocycles. The molecular formula is C21H24N2O2. The lowest BCUT2D eigenvalue weighted by molar-refractivity contribution is -0.120. The highest BCUT2D eigenvalue weighted by atomic mass is 16.5. The number of nitrogens with one attached hydrogen (secondary N) is 2. The van der Waals surface area contributed by atoms with Gasteiger partial charge in [-0.15, -0.1) is 0 Å². The molecule has 0 unspecified atom stereocenters. The van der Waals surface area contributed by atoms with Crippen LogP contribution in [0.2, 0.25) is 0 Å². The van der Waals surface area contributed by atoms with Gasteiger partial charge in [0.15, 0.2) is 5.75 Å². The third kappa shape index (κ3) is 4.32. The van der Waals surface area contributed by atoms with E-state index >= 15 is 0 Å². The monoisotopic (exact) mass is 336 g/mol. The van der Waals surface area contributed by atoms with Crippen LogP contribution in [0.4, 0.5) is 5.69 Å². The second-order valence-corrected chi connectivity index (χ2v) is 7.03. The number of para-hydroxylation sites is 3. The highest BCUT2D eigenvalue weighted by molar-refractivity contribution is 5.81. The average molecular weight is 336 g/mol. The Kier molecular flexibility index (Phi) is 4.59. The van der Waals surface area contributed by atoms with Crippen molar-refractivity contribution in [1.82, 2.24) is 5.32 Å². The van der Waals surface area contributed by atoms with E-state index < -0.39 is 0 Å². The van der Waals surface area contributed by atoms with E-state index in [2.05, 4.69) is 10.6 Å². The normalized spacial score (nSPS) is 16.5. The van der Waals surface area contributed by atoms with Crippen LogP contribution in [0.15, 0.2) is 54.6 Å². The quantitative estimate of drug-likeness (QED) is 0.760. The molecule has 25 heavy (non-hydrogen) atoms. The zero-order chi connectivity index (χ0) is 17.1. The van der Waals surface area contributed by atoms with Gasteiger partial charge in [0.25, 0.3) is 0 Å². The molecule has 1 amide bonds. The smallest absolute Gasteiger partial charge is 0.239 e. The molecule has 2 N–H and O–H groups in total. The summed E-state index contributed by atoms with van der Waals surface area (Å²) in [5.41, 5.74) is 0.830. The van der Waals surface area contributed by atoms with Gasteiger partial charge in [0.2, 0.25) is 5.91 Å². The summed E-state index contributed by atoms with van der Waals surface area (Å²) < 4.78 is 5.93. The van der Waals surface area contributed by atoms with Crippen molar-refractivity contribution < 1.29 is 9.53 Å². The highest BCUT2D eigenvalue weighted by Crippen LogP contribution is 2.44. The minimum absolute atomic E-state index is 0.0679. The van der Waals surface area contributed by atoms with Crippen LogP contribution in [-0.2, 0) is 4.79 Å². The van der Waals surface area contributed by atoms with Gasteiger partial charge in [-0.05, 0) is 61.8 Å². The predicted octanol–water partition coefficient (Wildman–Crippen LogP) is 4.20. The molecule has 2 fully saturated rings. The number of carbonyl (C=O) groups is 1. The van der Waals surface area contributed by atoms with E-state index in [0.29, 0.717) is 17.9 Å². The molecule has 0 bridgehead atoms. The van der Waals surface area contributed by atoms with E-state index in [1.807, 2.05) is 54.6 Å². The van der Waals surface area contributed by atoms with Crippen LogP contribution in [0.25, 0.3) is 0 Å². The molecule has 0 aromatic heterocycles. The molecule has 0 atom stereocenters. The number of hydrogen-bond acceptors (Lipinski definition) is 3. The summed E-state index contributed by atoms with van der Waals surface area (Å²) in [6, 6.07) is 17.8. The lowest BCUT2D eigenvalue weighted by atomic mass is 10.1. The third-order valence-electron chi connectivity index (χ3n) is 4.88. The van der Waals surface area contributed by atoms with Gasteiger partial charge in [-0.1, -0.05) is 30.3 Å². The molecule has 2 aromatic rings. The van der Waals surface area contributed by atoms with Gasteiger partial charge in [-0.3, -0.25) is 4.79 Å². The van der Waals surface area contributed by atoms with E-state index in [0.717, 1.165) is 17.2 Å². The number of hydrogen-bond donors (Lipinski definition) is 2. The minimum atomic E-state index is 0.0679. The maximum Gasteiger partial charge on any atom is 0.239 e. The molecule has 0 aliphatic heterocycles.